The summed E-state index contributed by atoms with van der Waals surface area (Å²) in [6.45, 7) is 1.44. The van der Waals surface area contributed by atoms with Crippen molar-refractivity contribution in [1.82, 2.24) is 0 Å². The Morgan fingerprint density at radius 3 is 2.28 bits per heavy atom. The van der Waals surface area contributed by atoms with E-state index in [-0.39, 0.29) is 5.78 Å². The van der Waals surface area contributed by atoms with Gasteiger partial charge in [0.15, 0.2) is 5.78 Å². The SMILES string of the molecule is CC(=O)c1ccc(NC(=O)C(N)CC(=O)O)cc1. The Morgan fingerprint density at radius 1 is 1.28 bits per heavy atom. The molecular formula is C12H14N2O4. The first-order chi connectivity index (χ1) is 8.40. The van der Waals surface area contributed by atoms with Crippen LogP contribution in [0.3, 0.4) is 0 Å². The van der Waals surface area contributed by atoms with E-state index in [0.29, 0.717) is 11.3 Å². The van der Waals surface area contributed by atoms with E-state index < -0.39 is 24.3 Å². The van der Waals surface area contributed by atoms with Crippen LogP contribution in [-0.2, 0) is 9.59 Å². The molecule has 6 heteroatoms. The average molecular weight is 250 g/mol. The molecule has 0 aliphatic heterocycles. The number of carbonyl (C=O) groups is 3. The Balaban J connectivity index is 2.64. The third-order valence-electron chi connectivity index (χ3n) is 2.29. The third-order valence-corrected chi connectivity index (χ3v) is 2.29. The van der Waals surface area contributed by atoms with Crippen molar-refractivity contribution < 1.29 is 19.5 Å². The van der Waals surface area contributed by atoms with Gasteiger partial charge in [-0.2, -0.15) is 0 Å². The molecule has 1 amide bonds. The Labute approximate surface area is 104 Å². The van der Waals surface area contributed by atoms with Gasteiger partial charge < -0.3 is 16.2 Å². The summed E-state index contributed by atoms with van der Waals surface area (Å²) in [5.74, 6) is -1.78. The number of carboxylic acids is 1. The summed E-state index contributed by atoms with van der Waals surface area (Å²) in [4.78, 5) is 32.9. The summed E-state index contributed by atoms with van der Waals surface area (Å²) in [6, 6.07) is 5.15. The summed E-state index contributed by atoms with van der Waals surface area (Å²) in [7, 11) is 0. The highest BCUT2D eigenvalue weighted by Crippen LogP contribution is 2.10. The Hall–Kier alpha value is -2.21. The van der Waals surface area contributed by atoms with Gasteiger partial charge in [-0.1, -0.05) is 0 Å². The number of anilines is 1. The van der Waals surface area contributed by atoms with Gasteiger partial charge in [0.2, 0.25) is 5.91 Å². The number of amides is 1. The van der Waals surface area contributed by atoms with Crippen LogP contribution in [-0.4, -0.2) is 28.8 Å². The summed E-state index contributed by atoms with van der Waals surface area (Å²) in [5, 5.41) is 11.0. The van der Waals surface area contributed by atoms with Crippen LogP contribution in [0, 0.1) is 0 Å². The van der Waals surface area contributed by atoms with E-state index in [0.717, 1.165) is 0 Å². The lowest BCUT2D eigenvalue weighted by atomic mass is 10.1. The van der Waals surface area contributed by atoms with Gasteiger partial charge in [0.05, 0.1) is 12.5 Å². The highest BCUT2D eigenvalue weighted by molar-refractivity contribution is 5.98. The van der Waals surface area contributed by atoms with E-state index >= 15 is 0 Å². The number of rotatable bonds is 5. The van der Waals surface area contributed by atoms with Crippen molar-refractivity contribution in [2.75, 3.05) is 5.32 Å². The zero-order chi connectivity index (χ0) is 13.7. The molecule has 1 rings (SSSR count). The highest BCUT2D eigenvalue weighted by atomic mass is 16.4. The van der Waals surface area contributed by atoms with E-state index in [1.165, 1.54) is 6.92 Å². The van der Waals surface area contributed by atoms with Gasteiger partial charge in [-0.3, -0.25) is 14.4 Å². The third kappa shape index (κ3) is 3.99. The quantitative estimate of drug-likeness (QED) is 0.664. The lowest BCUT2D eigenvalue weighted by Crippen LogP contribution is -2.37. The van der Waals surface area contributed by atoms with Crippen LogP contribution in [0.1, 0.15) is 23.7 Å². The van der Waals surface area contributed by atoms with Gasteiger partial charge in [-0.05, 0) is 31.2 Å². The van der Waals surface area contributed by atoms with E-state index in [2.05, 4.69) is 5.32 Å². The van der Waals surface area contributed by atoms with Crippen molar-refractivity contribution in [2.24, 2.45) is 5.73 Å². The smallest absolute Gasteiger partial charge is 0.305 e. The number of Topliss-reactive ketones (excluding diaryl/α,β-unsaturated/α-hetero) is 1. The average Bonchev–Trinajstić information content (AvgIpc) is 2.28. The van der Waals surface area contributed by atoms with Gasteiger partial charge in [-0.15, -0.1) is 0 Å². The molecule has 0 spiro atoms. The molecule has 6 nitrogen and oxygen atoms in total. The molecule has 0 aromatic heterocycles. The van der Waals surface area contributed by atoms with Crippen molar-refractivity contribution in [2.45, 2.75) is 19.4 Å². The van der Waals surface area contributed by atoms with Crippen LogP contribution >= 0.6 is 0 Å². The van der Waals surface area contributed by atoms with Crippen molar-refractivity contribution in [3.05, 3.63) is 29.8 Å². The molecule has 0 aliphatic rings. The fraction of sp³-hybridized carbons (Fsp3) is 0.250. The van der Waals surface area contributed by atoms with Crippen LogP contribution in [0.2, 0.25) is 0 Å². The van der Waals surface area contributed by atoms with E-state index in [1.54, 1.807) is 24.3 Å². The van der Waals surface area contributed by atoms with E-state index in [9.17, 15) is 14.4 Å². The topological polar surface area (TPSA) is 109 Å². The lowest BCUT2D eigenvalue weighted by Gasteiger charge is -2.10. The number of benzene rings is 1. The molecule has 18 heavy (non-hydrogen) atoms. The van der Waals surface area contributed by atoms with E-state index in [4.69, 9.17) is 10.8 Å². The summed E-state index contributed by atoms with van der Waals surface area (Å²) < 4.78 is 0. The fourth-order valence-electron chi connectivity index (χ4n) is 1.30. The molecule has 1 atom stereocenters. The minimum absolute atomic E-state index is 0.0737. The van der Waals surface area contributed by atoms with Gasteiger partial charge in [0.25, 0.3) is 0 Å². The second-order valence-corrected chi connectivity index (χ2v) is 3.83. The van der Waals surface area contributed by atoms with Crippen LogP contribution in [0.25, 0.3) is 0 Å². The number of carboxylic acid groups (broad SMARTS) is 1. The minimum atomic E-state index is -1.13. The maximum Gasteiger partial charge on any atom is 0.305 e. The summed E-state index contributed by atoms with van der Waals surface area (Å²) in [6.07, 6.45) is -0.433. The molecule has 0 radical (unpaired) electrons. The molecule has 4 N–H and O–H groups in total. The zero-order valence-electron chi connectivity index (χ0n) is 9.84. The Bertz CT molecular complexity index is 467. The fourth-order valence-corrected chi connectivity index (χ4v) is 1.30. The molecule has 0 saturated heterocycles. The summed E-state index contributed by atoms with van der Waals surface area (Å²) >= 11 is 0. The van der Waals surface area contributed by atoms with Crippen LogP contribution < -0.4 is 11.1 Å². The molecule has 1 unspecified atom stereocenters. The van der Waals surface area contributed by atoms with Gasteiger partial charge in [0.1, 0.15) is 0 Å². The highest BCUT2D eigenvalue weighted by Gasteiger charge is 2.16. The molecule has 96 valence electrons. The van der Waals surface area contributed by atoms with Crippen molar-refractivity contribution in [3.8, 4) is 0 Å². The van der Waals surface area contributed by atoms with Crippen molar-refractivity contribution >= 4 is 23.3 Å². The maximum absolute atomic E-state index is 11.5. The summed E-state index contributed by atoms with van der Waals surface area (Å²) in [5.41, 5.74) is 6.39. The minimum Gasteiger partial charge on any atom is -0.481 e. The van der Waals surface area contributed by atoms with Crippen molar-refractivity contribution in [3.63, 3.8) is 0 Å². The van der Waals surface area contributed by atoms with Crippen LogP contribution in [0.15, 0.2) is 24.3 Å². The largest absolute Gasteiger partial charge is 0.481 e. The Morgan fingerprint density at radius 2 is 1.83 bits per heavy atom. The molecule has 0 heterocycles. The first-order valence-electron chi connectivity index (χ1n) is 5.29. The molecule has 1 aromatic rings. The molecule has 0 fully saturated rings. The molecule has 0 bridgehead atoms. The first kappa shape index (κ1) is 13.9. The van der Waals surface area contributed by atoms with E-state index in [1.807, 2.05) is 0 Å². The normalized spacial score (nSPS) is 11.7. The lowest BCUT2D eigenvalue weighted by molar-refractivity contribution is -0.138. The number of nitrogens with two attached hydrogens (primary N) is 1. The predicted molar refractivity (Wildman–Crippen MR) is 65.3 cm³/mol. The van der Waals surface area contributed by atoms with Crippen LogP contribution in [0.4, 0.5) is 5.69 Å². The number of hydrogen-bond acceptors (Lipinski definition) is 4. The molecule has 1 aromatic carbocycles. The zero-order valence-corrected chi connectivity index (χ0v) is 9.84. The second-order valence-electron chi connectivity index (χ2n) is 3.83. The Kier molecular flexibility index (Phi) is 4.56. The molecule has 0 aliphatic carbocycles. The number of carbonyl (C=O) groups excluding carboxylic acids is 2. The first-order valence-corrected chi connectivity index (χ1v) is 5.29. The van der Waals surface area contributed by atoms with Gasteiger partial charge in [-0.25, -0.2) is 0 Å². The maximum atomic E-state index is 11.5. The second kappa shape index (κ2) is 5.92. The number of aliphatic carboxylic acids is 1. The monoisotopic (exact) mass is 250 g/mol. The standard InChI is InChI=1S/C12H14N2O4/c1-7(15)8-2-4-9(5-3-8)14-12(18)10(13)6-11(16)17/h2-5,10H,6,13H2,1H3,(H,14,18)(H,16,17). The predicted octanol–water partition coefficient (Wildman–Crippen LogP) is 0.630. The van der Waals surface area contributed by atoms with Gasteiger partial charge in [0, 0.05) is 11.3 Å². The number of hydrogen-bond donors (Lipinski definition) is 3. The van der Waals surface area contributed by atoms with Crippen LogP contribution in [0.5, 0.6) is 0 Å². The molecular weight excluding hydrogens is 236 g/mol. The number of ketones is 1. The van der Waals surface area contributed by atoms with Gasteiger partial charge >= 0.3 is 5.97 Å². The van der Waals surface area contributed by atoms with Crippen molar-refractivity contribution in [1.29, 1.82) is 0 Å². The number of nitrogens with one attached hydrogen (secondary N) is 1. The molecule has 0 saturated carbocycles.